The van der Waals surface area contributed by atoms with Crippen LogP contribution >= 0.6 is 0 Å². The number of methoxy groups -OCH3 is 3. The molecule has 4 N–H and O–H groups in total. The smallest absolute Gasteiger partial charge is 0.492 e. The zero-order valence-corrected chi connectivity index (χ0v) is 17.3. The summed E-state index contributed by atoms with van der Waals surface area (Å²) in [6.07, 6.45) is 0. The van der Waals surface area contributed by atoms with Crippen LogP contribution in [0.15, 0.2) is 54.6 Å². The predicted molar refractivity (Wildman–Crippen MR) is 118 cm³/mol. The SMILES string of the molecule is COc1c(B(O)O)cc(-c2cc(Oc3ccccc3)ccc2B(O)O)c(OC)c1OC. The van der Waals surface area contributed by atoms with Crippen LogP contribution in [0.4, 0.5) is 0 Å². The van der Waals surface area contributed by atoms with Gasteiger partial charge in [0.25, 0.3) is 0 Å². The van der Waals surface area contributed by atoms with E-state index in [1.807, 2.05) is 18.2 Å². The van der Waals surface area contributed by atoms with Gasteiger partial charge in [-0.3, -0.25) is 0 Å². The molecule has 0 fully saturated rings. The first kappa shape index (κ1) is 22.5. The molecule has 0 saturated heterocycles. The maximum absolute atomic E-state index is 9.94. The second kappa shape index (κ2) is 9.76. The Morgan fingerprint density at radius 3 is 1.74 bits per heavy atom. The normalized spacial score (nSPS) is 10.4. The third kappa shape index (κ3) is 4.62. The number of para-hydroxylation sites is 1. The number of hydrogen-bond acceptors (Lipinski definition) is 8. The first-order valence-corrected chi connectivity index (χ1v) is 9.33. The molecule has 3 aromatic carbocycles. The molecule has 0 heterocycles. The van der Waals surface area contributed by atoms with Crippen molar-refractivity contribution < 1.29 is 39.0 Å². The van der Waals surface area contributed by atoms with E-state index >= 15 is 0 Å². The van der Waals surface area contributed by atoms with Crippen molar-refractivity contribution in [3.05, 3.63) is 54.6 Å². The number of ether oxygens (including phenoxy) is 4. The molecule has 0 radical (unpaired) electrons. The molecule has 160 valence electrons. The lowest BCUT2D eigenvalue weighted by Gasteiger charge is -2.21. The Morgan fingerprint density at radius 1 is 0.581 bits per heavy atom. The van der Waals surface area contributed by atoms with Crippen molar-refractivity contribution in [3.8, 4) is 39.9 Å². The highest BCUT2D eigenvalue weighted by Gasteiger charge is 2.29. The lowest BCUT2D eigenvalue weighted by molar-refractivity contribution is 0.325. The van der Waals surface area contributed by atoms with Crippen molar-refractivity contribution in [2.75, 3.05) is 21.3 Å². The fourth-order valence-electron chi connectivity index (χ4n) is 3.32. The van der Waals surface area contributed by atoms with Crippen LogP contribution in [0.1, 0.15) is 0 Å². The lowest BCUT2D eigenvalue weighted by Crippen LogP contribution is -2.34. The van der Waals surface area contributed by atoms with E-state index in [4.69, 9.17) is 18.9 Å². The third-order valence-electron chi connectivity index (χ3n) is 4.68. The van der Waals surface area contributed by atoms with Crippen LogP contribution in [0, 0.1) is 0 Å². The fourth-order valence-corrected chi connectivity index (χ4v) is 3.32. The average molecular weight is 424 g/mol. The molecule has 10 heteroatoms. The summed E-state index contributed by atoms with van der Waals surface area (Å²) in [5.74, 6) is 1.44. The topological polar surface area (TPSA) is 118 Å². The molecule has 0 aromatic heterocycles. The summed E-state index contributed by atoms with van der Waals surface area (Å²) in [5.41, 5.74) is 0.834. The van der Waals surface area contributed by atoms with Gasteiger partial charge in [0.05, 0.1) is 21.3 Å². The van der Waals surface area contributed by atoms with Crippen LogP contribution in [0.5, 0.6) is 28.7 Å². The molecule has 0 saturated carbocycles. The van der Waals surface area contributed by atoms with Crippen LogP contribution < -0.4 is 29.9 Å². The van der Waals surface area contributed by atoms with Gasteiger partial charge in [-0.2, -0.15) is 0 Å². The minimum atomic E-state index is -1.88. The molecule has 3 rings (SSSR count). The summed E-state index contributed by atoms with van der Waals surface area (Å²) in [5, 5.41) is 39.6. The van der Waals surface area contributed by atoms with Crippen LogP contribution in [-0.4, -0.2) is 55.7 Å². The number of benzene rings is 3. The summed E-state index contributed by atoms with van der Waals surface area (Å²) in [6, 6.07) is 15.2. The molecular weight excluding hydrogens is 402 g/mol. The quantitative estimate of drug-likeness (QED) is 0.387. The van der Waals surface area contributed by atoms with Crippen molar-refractivity contribution >= 4 is 25.2 Å². The van der Waals surface area contributed by atoms with Gasteiger partial charge in [0.1, 0.15) is 11.5 Å². The van der Waals surface area contributed by atoms with E-state index in [0.717, 1.165) is 0 Å². The molecule has 0 spiro atoms. The highest BCUT2D eigenvalue weighted by atomic mass is 16.5. The Labute approximate surface area is 180 Å². The Kier molecular flexibility index (Phi) is 7.09. The van der Waals surface area contributed by atoms with Crippen LogP contribution in [0.25, 0.3) is 11.1 Å². The lowest BCUT2D eigenvalue weighted by atomic mass is 9.73. The van der Waals surface area contributed by atoms with Crippen LogP contribution in [0.3, 0.4) is 0 Å². The summed E-state index contributed by atoms with van der Waals surface area (Å²) < 4.78 is 22.1. The Balaban J connectivity index is 2.26. The Bertz CT molecular complexity index is 1040. The molecule has 0 aliphatic carbocycles. The largest absolute Gasteiger partial charge is 0.493 e. The van der Waals surface area contributed by atoms with E-state index < -0.39 is 14.2 Å². The molecule has 0 unspecified atom stereocenters. The number of rotatable bonds is 8. The number of hydrogen-bond donors (Lipinski definition) is 4. The predicted octanol–water partition coefficient (Wildman–Crippen LogP) is 0.531. The molecule has 0 atom stereocenters. The van der Waals surface area contributed by atoms with E-state index in [0.29, 0.717) is 22.6 Å². The second-order valence-corrected chi connectivity index (χ2v) is 6.52. The van der Waals surface area contributed by atoms with E-state index in [-0.39, 0.29) is 28.2 Å². The van der Waals surface area contributed by atoms with Crippen molar-refractivity contribution in [2.45, 2.75) is 0 Å². The van der Waals surface area contributed by atoms with E-state index in [9.17, 15) is 20.1 Å². The van der Waals surface area contributed by atoms with Gasteiger partial charge >= 0.3 is 14.2 Å². The average Bonchev–Trinajstić information content (AvgIpc) is 2.77. The van der Waals surface area contributed by atoms with Gasteiger partial charge in [0.2, 0.25) is 5.75 Å². The summed E-state index contributed by atoms with van der Waals surface area (Å²) >= 11 is 0. The third-order valence-corrected chi connectivity index (χ3v) is 4.68. The summed E-state index contributed by atoms with van der Waals surface area (Å²) in [7, 11) is 0.477. The van der Waals surface area contributed by atoms with Gasteiger partial charge in [-0.1, -0.05) is 24.3 Å². The fraction of sp³-hybridized carbons (Fsp3) is 0.143. The van der Waals surface area contributed by atoms with E-state index in [2.05, 4.69) is 0 Å². The van der Waals surface area contributed by atoms with Gasteiger partial charge in [-0.25, -0.2) is 0 Å². The van der Waals surface area contributed by atoms with Gasteiger partial charge < -0.3 is 39.0 Å². The molecule has 8 nitrogen and oxygen atoms in total. The Morgan fingerprint density at radius 2 is 1.19 bits per heavy atom. The van der Waals surface area contributed by atoms with Crippen LogP contribution in [0.2, 0.25) is 0 Å². The molecule has 3 aromatic rings. The standard InChI is InChI=1S/C21H22B2O8/c1-28-19-16(12-18(23(26)27)20(29-2)21(19)30-3)15-11-14(9-10-17(15)22(24)25)31-13-7-5-4-6-8-13/h4-12,24-27H,1-3H3. The van der Waals surface area contributed by atoms with E-state index in [1.54, 1.807) is 24.3 Å². The molecule has 31 heavy (non-hydrogen) atoms. The van der Waals surface area contributed by atoms with Crippen molar-refractivity contribution in [3.63, 3.8) is 0 Å². The molecule has 0 bridgehead atoms. The first-order chi connectivity index (χ1) is 14.9. The van der Waals surface area contributed by atoms with E-state index in [1.165, 1.54) is 33.5 Å². The van der Waals surface area contributed by atoms with Crippen molar-refractivity contribution in [1.29, 1.82) is 0 Å². The monoisotopic (exact) mass is 424 g/mol. The molecular formula is C21H22B2O8. The summed E-state index contributed by atoms with van der Waals surface area (Å²) in [4.78, 5) is 0. The molecule has 0 aliphatic heterocycles. The second-order valence-electron chi connectivity index (χ2n) is 6.52. The van der Waals surface area contributed by atoms with Gasteiger partial charge in [-0.05, 0) is 41.4 Å². The van der Waals surface area contributed by atoms with Crippen molar-refractivity contribution in [2.24, 2.45) is 0 Å². The van der Waals surface area contributed by atoms with Gasteiger partial charge in [-0.15, -0.1) is 0 Å². The first-order valence-electron chi connectivity index (χ1n) is 9.33. The highest BCUT2D eigenvalue weighted by molar-refractivity contribution is 6.61. The minimum absolute atomic E-state index is 0.0166. The zero-order valence-electron chi connectivity index (χ0n) is 17.3. The highest BCUT2D eigenvalue weighted by Crippen LogP contribution is 2.43. The van der Waals surface area contributed by atoms with Gasteiger partial charge in [0.15, 0.2) is 11.5 Å². The molecule has 0 aliphatic rings. The van der Waals surface area contributed by atoms with Gasteiger partial charge in [0, 0.05) is 11.0 Å². The maximum Gasteiger partial charge on any atom is 0.492 e. The Hall–Kier alpha value is -3.17. The summed E-state index contributed by atoms with van der Waals surface area (Å²) in [6.45, 7) is 0. The zero-order chi connectivity index (χ0) is 22.5. The minimum Gasteiger partial charge on any atom is -0.493 e. The maximum atomic E-state index is 9.94. The van der Waals surface area contributed by atoms with Crippen LogP contribution in [-0.2, 0) is 0 Å². The van der Waals surface area contributed by atoms with Crippen molar-refractivity contribution in [1.82, 2.24) is 0 Å². The molecule has 0 amide bonds.